The van der Waals surface area contributed by atoms with E-state index in [1.165, 1.54) is 24.3 Å². The summed E-state index contributed by atoms with van der Waals surface area (Å²) in [5.41, 5.74) is 0.102. The van der Waals surface area contributed by atoms with Crippen molar-refractivity contribution in [2.75, 3.05) is 6.61 Å². The monoisotopic (exact) mass is 417 g/mol. The fourth-order valence-corrected chi connectivity index (χ4v) is 3.52. The van der Waals surface area contributed by atoms with Crippen molar-refractivity contribution in [3.05, 3.63) is 64.4 Å². The fourth-order valence-electron chi connectivity index (χ4n) is 3.52. The molecule has 2 unspecified atom stereocenters. The molecule has 3 aromatic rings. The van der Waals surface area contributed by atoms with E-state index in [-0.39, 0.29) is 46.6 Å². The van der Waals surface area contributed by atoms with E-state index in [0.717, 1.165) is 6.26 Å². The molecule has 2 aromatic carbocycles. The summed E-state index contributed by atoms with van der Waals surface area (Å²) in [6, 6.07) is 4.63. The van der Waals surface area contributed by atoms with E-state index < -0.39 is 48.3 Å². The van der Waals surface area contributed by atoms with Crippen LogP contribution in [0, 0.1) is 0 Å². The molecular formula is C22H22O8. The number of ether oxygens (including phenoxy) is 1. The molecule has 8 heteroatoms. The standard InChI is InChI=1S/C22H22O8/c23-9-18-21(27)22(28)20(26)17(30-18)8-11-1-6-14-16(7-11)29-10-15(19(14)25)12-2-4-13(24)5-3-12/h1-7,10,17-18,20-24,26-28H,8-9H2/t17-,18?,20?,21+,22-/m0/s1/i4D,5D,7D. The average Bonchev–Trinajstić information content (AvgIpc) is 2.79. The van der Waals surface area contributed by atoms with Crippen molar-refractivity contribution in [2.45, 2.75) is 36.9 Å². The molecule has 4 rings (SSSR count). The van der Waals surface area contributed by atoms with Crippen LogP contribution >= 0.6 is 0 Å². The van der Waals surface area contributed by atoms with E-state index in [4.69, 9.17) is 13.3 Å². The van der Waals surface area contributed by atoms with Crippen molar-refractivity contribution >= 4 is 11.0 Å². The first kappa shape index (κ1) is 17.0. The quantitative estimate of drug-likeness (QED) is 0.415. The van der Waals surface area contributed by atoms with Crippen LogP contribution in [0.25, 0.3) is 22.1 Å². The van der Waals surface area contributed by atoms with E-state index in [2.05, 4.69) is 0 Å². The maximum atomic E-state index is 13.0. The molecule has 1 saturated heterocycles. The van der Waals surface area contributed by atoms with Crippen LogP contribution in [-0.2, 0) is 11.2 Å². The molecule has 0 amide bonds. The van der Waals surface area contributed by atoms with Crippen LogP contribution in [0.3, 0.4) is 0 Å². The van der Waals surface area contributed by atoms with E-state index in [1.54, 1.807) is 0 Å². The first-order valence-electron chi connectivity index (χ1n) is 10.8. The van der Waals surface area contributed by atoms with Crippen LogP contribution in [0.2, 0.25) is 0 Å². The summed E-state index contributed by atoms with van der Waals surface area (Å²) in [4.78, 5) is 13.0. The smallest absolute Gasteiger partial charge is 0.200 e. The molecule has 158 valence electrons. The van der Waals surface area contributed by atoms with E-state index in [9.17, 15) is 30.3 Å². The molecule has 2 heterocycles. The lowest BCUT2D eigenvalue weighted by molar-refractivity contribution is -0.228. The van der Waals surface area contributed by atoms with Gasteiger partial charge in [-0.25, -0.2) is 0 Å². The predicted octanol–water partition coefficient (Wildman–Crippen LogP) is 0.550. The van der Waals surface area contributed by atoms with Crippen molar-refractivity contribution in [3.8, 4) is 16.9 Å². The summed E-state index contributed by atoms with van der Waals surface area (Å²) in [5, 5.41) is 49.2. The number of aliphatic hydroxyl groups is 4. The van der Waals surface area contributed by atoms with Crippen molar-refractivity contribution in [1.82, 2.24) is 0 Å². The van der Waals surface area contributed by atoms with Gasteiger partial charge in [0.15, 0.2) is 5.43 Å². The Morgan fingerprint density at radius 2 is 1.70 bits per heavy atom. The van der Waals surface area contributed by atoms with Gasteiger partial charge in [0.25, 0.3) is 0 Å². The Balaban J connectivity index is 1.71. The second-order valence-electron chi connectivity index (χ2n) is 7.16. The van der Waals surface area contributed by atoms with E-state index >= 15 is 0 Å². The van der Waals surface area contributed by atoms with Gasteiger partial charge in [-0.1, -0.05) is 18.2 Å². The Bertz CT molecular complexity index is 1240. The second kappa shape index (κ2) is 8.17. The van der Waals surface area contributed by atoms with Crippen LogP contribution in [0.1, 0.15) is 9.68 Å². The zero-order valence-electron chi connectivity index (χ0n) is 18.6. The Kier molecular flexibility index (Phi) is 4.63. The molecule has 1 aromatic heterocycles. The van der Waals surface area contributed by atoms with Gasteiger partial charge in [0, 0.05) is 6.42 Å². The Hall–Kier alpha value is -2.75. The number of aromatic hydroxyl groups is 1. The van der Waals surface area contributed by atoms with Gasteiger partial charge in [0.05, 0.1) is 27.8 Å². The molecular weight excluding hydrogens is 392 g/mol. The van der Waals surface area contributed by atoms with Gasteiger partial charge in [-0.3, -0.25) is 4.79 Å². The molecule has 1 aliphatic heterocycles. The largest absolute Gasteiger partial charge is 0.508 e. The summed E-state index contributed by atoms with van der Waals surface area (Å²) in [6.07, 6.45) is -5.51. The summed E-state index contributed by atoms with van der Waals surface area (Å²) in [7, 11) is 0. The molecule has 5 N–H and O–H groups in total. The molecule has 1 aliphatic rings. The lowest BCUT2D eigenvalue weighted by Crippen LogP contribution is -2.59. The Morgan fingerprint density at radius 1 is 1.00 bits per heavy atom. The first-order valence-corrected chi connectivity index (χ1v) is 9.29. The SMILES string of the molecule is [2H]c1cc(-c2coc3c([2H])c(C[C@@H]4OC(CO)[C@@H](O)[C@@H](O)C4O)ccc3c2=O)cc([2H])c1O. The maximum Gasteiger partial charge on any atom is 0.200 e. The van der Waals surface area contributed by atoms with Crippen LogP contribution in [0.4, 0.5) is 0 Å². The van der Waals surface area contributed by atoms with Crippen LogP contribution in [0.5, 0.6) is 5.75 Å². The summed E-state index contributed by atoms with van der Waals surface area (Å²) in [6.45, 7) is -0.568. The molecule has 0 saturated carbocycles. The van der Waals surface area contributed by atoms with Gasteiger partial charge in [0.2, 0.25) is 0 Å². The van der Waals surface area contributed by atoms with Crippen molar-refractivity contribution in [2.24, 2.45) is 0 Å². The molecule has 8 nitrogen and oxygen atoms in total. The van der Waals surface area contributed by atoms with Gasteiger partial charge in [0.1, 0.15) is 42.0 Å². The molecule has 0 bridgehead atoms. The number of phenols is 1. The Morgan fingerprint density at radius 3 is 2.40 bits per heavy atom. The highest BCUT2D eigenvalue weighted by Crippen LogP contribution is 2.26. The number of benzene rings is 2. The predicted molar refractivity (Wildman–Crippen MR) is 107 cm³/mol. The van der Waals surface area contributed by atoms with Crippen LogP contribution in [0.15, 0.2) is 57.9 Å². The zero-order valence-corrected chi connectivity index (χ0v) is 15.6. The third-order valence-electron chi connectivity index (χ3n) is 5.21. The van der Waals surface area contributed by atoms with Crippen molar-refractivity contribution in [3.63, 3.8) is 0 Å². The maximum absolute atomic E-state index is 13.0. The minimum atomic E-state index is -1.54. The zero-order chi connectivity index (χ0) is 24.0. The summed E-state index contributed by atoms with van der Waals surface area (Å²) in [5.74, 6) is -0.504. The average molecular weight is 417 g/mol. The number of hydrogen-bond acceptors (Lipinski definition) is 8. The molecule has 0 spiro atoms. The van der Waals surface area contributed by atoms with Gasteiger partial charge < -0.3 is 34.7 Å². The summed E-state index contributed by atoms with van der Waals surface area (Å²) >= 11 is 0. The minimum Gasteiger partial charge on any atom is -0.508 e. The first-order chi connectivity index (χ1) is 15.6. The molecule has 30 heavy (non-hydrogen) atoms. The number of rotatable bonds is 4. The lowest BCUT2D eigenvalue weighted by Gasteiger charge is -2.40. The Labute approximate surface area is 175 Å². The normalized spacial score (nSPS) is 28.1. The van der Waals surface area contributed by atoms with Gasteiger partial charge in [-0.2, -0.15) is 0 Å². The topological polar surface area (TPSA) is 141 Å². The van der Waals surface area contributed by atoms with Gasteiger partial charge >= 0.3 is 0 Å². The third kappa shape index (κ3) is 3.71. The fraction of sp³-hybridized carbons (Fsp3) is 0.318. The van der Waals surface area contributed by atoms with Crippen molar-refractivity contribution < 1.29 is 38.8 Å². The van der Waals surface area contributed by atoms with Gasteiger partial charge in [-0.15, -0.1) is 0 Å². The molecule has 1 fully saturated rings. The highest BCUT2D eigenvalue weighted by molar-refractivity contribution is 5.82. The lowest BCUT2D eigenvalue weighted by atomic mass is 9.91. The number of phenolic OH excluding ortho intramolecular Hbond substituents is 1. The highest BCUT2D eigenvalue weighted by atomic mass is 16.5. The number of fused-ring (bicyclic) bond motifs is 1. The van der Waals surface area contributed by atoms with Gasteiger partial charge in [-0.05, 0) is 35.3 Å². The van der Waals surface area contributed by atoms with Crippen LogP contribution in [-0.4, -0.2) is 62.7 Å². The highest BCUT2D eigenvalue weighted by Gasteiger charge is 2.43. The molecule has 5 atom stereocenters. The minimum absolute atomic E-state index is 0.0261. The second-order valence-corrected chi connectivity index (χ2v) is 7.16. The molecule has 0 radical (unpaired) electrons. The number of aliphatic hydroxyl groups excluding tert-OH is 4. The van der Waals surface area contributed by atoms with E-state index in [1.807, 2.05) is 0 Å². The molecule has 0 aliphatic carbocycles. The van der Waals surface area contributed by atoms with E-state index in [0.29, 0.717) is 5.56 Å². The van der Waals surface area contributed by atoms with Crippen molar-refractivity contribution in [1.29, 1.82) is 0 Å². The number of hydrogen-bond donors (Lipinski definition) is 5. The van der Waals surface area contributed by atoms with Crippen LogP contribution < -0.4 is 5.43 Å². The third-order valence-corrected chi connectivity index (χ3v) is 5.21. The summed E-state index contributed by atoms with van der Waals surface area (Å²) < 4.78 is 34.9.